The Labute approximate surface area is 313 Å². The molecule has 54 heavy (non-hydrogen) atoms. The van der Waals surface area contributed by atoms with Gasteiger partial charge in [0.1, 0.15) is 23.7 Å². The van der Waals surface area contributed by atoms with Crippen molar-refractivity contribution in [2.75, 3.05) is 27.2 Å². The maximum atomic E-state index is 13.5. The zero-order valence-corrected chi connectivity index (χ0v) is 31.0. The van der Waals surface area contributed by atoms with Crippen molar-refractivity contribution in [3.63, 3.8) is 0 Å². The van der Waals surface area contributed by atoms with Crippen molar-refractivity contribution in [3.8, 4) is 33.6 Å². The van der Waals surface area contributed by atoms with Crippen LogP contribution in [0.1, 0.15) is 76.1 Å². The maximum Gasteiger partial charge on any atom is 0.407 e. The normalized spacial score (nSPS) is 21.6. The summed E-state index contributed by atoms with van der Waals surface area (Å²) >= 11 is 0. The van der Waals surface area contributed by atoms with Crippen molar-refractivity contribution in [2.24, 2.45) is 10.8 Å². The third-order valence-electron chi connectivity index (χ3n) is 12.1. The first kappa shape index (κ1) is 35.4. The van der Waals surface area contributed by atoms with E-state index < -0.39 is 24.3 Å². The summed E-state index contributed by atoms with van der Waals surface area (Å²) in [6.07, 6.45) is 7.96. The highest BCUT2D eigenvalue weighted by Gasteiger charge is 2.56. The quantitative estimate of drug-likeness (QED) is 0.162. The summed E-state index contributed by atoms with van der Waals surface area (Å²) in [5.41, 5.74) is 5.81. The van der Waals surface area contributed by atoms with Gasteiger partial charge in [-0.1, -0.05) is 48.5 Å². The molecule has 2 aliphatic carbocycles. The first-order valence-electron chi connectivity index (χ1n) is 18.6. The summed E-state index contributed by atoms with van der Waals surface area (Å²) in [6.45, 7) is 4.59. The number of aromatic nitrogens is 4. The third-order valence-corrected chi connectivity index (χ3v) is 12.1. The fraction of sp³-hybridized carbons (Fsp3) is 0.450. The van der Waals surface area contributed by atoms with Crippen LogP contribution in [0, 0.1) is 10.8 Å². The number of hydrogen-bond acceptors (Lipinski definition) is 7. The van der Waals surface area contributed by atoms with Crippen molar-refractivity contribution in [3.05, 3.63) is 72.6 Å². The molecule has 4 heterocycles. The number of imidazole rings is 2. The van der Waals surface area contributed by atoms with Gasteiger partial charge < -0.3 is 34.9 Å². The van der Waals surface area contributed by atoms with Gasteiger partial charge in [-0.05, 0) is 74.3 Å². The molecule has 2 aromatic heterocycles. The van der Waals surface area contributed by atoms with Crippen molar-refractivity contribution >= 4 is 24.0 Å². The Morgan fingerprint density at radius 3 is 1.61 bits per heavy atom. The molecule has 4 N–H and O–H groups in total. The Balaban J connectivity index is 0.939. The number of hydrogen-bond donors (Lipinski definition) is 4. The largest absolute Gasteiger partial charge is 0.465 e. The summed E-state index contributed by atoms with van der Waals surface area (Å²) in [5.74, 6) is 1.12. The SMILES string of the molecule is COC(=O)N[C@@H](C)C(=O)N1CC2(CC2)C[C@H]1c1nc(-c2ccc(-c3ccc(-c4c[nH]c([C@@H]5CC6(CC6)CN5C(=O)[C@H](C)N(C)C(=O)O)n4)cc3)cc2)c[nH]1. The molecule has 0 bridgehead atoms. The molecule has 4 fully saturated rings. The Bertz CT molecular complexity index is 2080. The molecule has 2 aromatic carbocycles. The summed E-state index contributed by atoms with van der Waals surface area (Å²) in [5, 5.41) is 12.0. The van der Waals surface area contributed by atoms with Gasteiger partial charge in [0.2, 0.25) is 11.8 Å². The first-order valence-corrected chi connectivity index (χ1v) is 18.6. The fourth-order valence-electron chi connectivity index (χ4n) is 8.24. The molecule has 282 valence electrons. The van der Waals surface area contributed by atoms with E-state index in [1.807, 2.05) is 46.5 Å². The van der Waals surface area contributed by atoms with E-state index in [4.69, 9.17) is 14.7 Å². The van der Waals surface area contributed by atoms with Gasteiger partial charge in [-0.15, -0.1) is 0 Å². The smallest absolute Gasteiger partial charge is 0.407 e. The number of methoxy groups -OCH3 is 1. The molecule has 2 spiro atoms. The lowest BCUT2D eigenvalue weighted by molar-refractivity contribution is -0.136. The van der Waals surface area contributed by atoms with E-state index in [1.165, 1.54) is 14.2 Å². The molecule has 2 saturated carbocycles. The monoisotopic (exact) mass is 734 g/mol. The standard InChI is InChI=1S/C40H46N8O6/c1-23(43-37(51)54-4)35(49)47-21-39(13-14-39)17-31(47)33-41-19-29(44-33)27-9-5-25(6-10-27)26-7-11-28(12-8-26)30-20-42-34(45-30)32-18-40(15-16-40)22-48(32)36(50)24(2)46(3)38(52)53/h5-12,19-20,23-24,31-32H,13-18,21-22H2,1-4H3,(H,41,44)(H,42,45)(H,43,51)(H,52,53)/t23-,24-,31-,32-/m0/s1. The van der Waals surface area contributed by atoms with Crippen LogP contribution in [-0.2, 0) is 14.3 Å². The summed E-state index contributed by atoms with van der Waals surface area (Å²) < 4.78 is 4.69. The predicted molar refractivity (Wildman–Crippen MR) is 199 cm³/mol. The van der Waals surface area contributed by atoms with Gasteiger partial charge >= 0.3 is 12.2 Å². The van der Waals surface area contributed by atoms with Crippen molar-refractivity contribution in [1.82, 2.24) is 40.0 Å². The van der Waals surface area contributed by atoms with E-state index in [0.717, 1.165) is 88.7 Å². The Kier molecular flexibility index (Phi) is 8.73. The molecule has 2 saturated heterocycles. The lowest BCUT2D eigenvalue weighted by Crippen LogP contribution is -2.47. The van der Waals surface area contributed by atoms with E-state index in [0.29, 0.717) is 13.1 Å². The molecular formula is C40H46N8O6. The van der Waals surface area contributed by atoms with E-state index in [2.05, 4.69) is 39.6 Å². The van der Waals surface area contributed by atoms with E-state index >= 15 is 0 Å². The molecule has 0 unspecified atom stereocenters. The van der Waals surface area contributed by atoms with Crippen LogP contribution in [0.5, 0.6) is 0 Å². The summed E-state index contributed by atoms with van der Waals surface area (Å²) in [7, 11) is 2.71. The Morgan fingerprint density at radius 2 is 1.20 bits per heavy atom. The minimum absolute atomic E-state index is 0.104. The predicted octanol–water partition coefficient (Wildman–Crippen LogP) is 5.98. The van der Waals surface area contributed by atoms with Crippen molar-refractivity contribution in [1.29, 1.82) is 0 Å². The van der Waals surface area contributed by atoms with Gasteiger partial charge in [0.25, 0.3) is 0 Å². The number of rotatable bonds is 9. The highest BCUT2D eigenvalue weighted by atomic mass is 16.5. The molecule has 0 radical (unpaired) electrons. The van der Waals surface area contributed by atoms with Crippen molar-refractivity contribution < 1.29 is 29.0 Å². The molecular weight excluding hydrogens is 688 g/mol. The van der Waals surface area contributed by atoms with Crippen LogP contribution >= 0.6 is 0 Å². The molecule has 14 nitrogen and oxygen atoms in total. The van der Waals surface area contributed by atoms with Crippen molar-refractivity contribution in [2.45, 2.75) is 76.5 Å². The zero-order chi connectivity index (χ0) is 37.9. The van der Waals surface area contributed by atoms with Gasteiger partial charge in [0.15, 0.2) is 0 Å². The second-order valence-electron chi connectivity index (χ2n) is 15.8. The number of nitrogens with one attached hydrogen (secondary N) is 3. The second kappa shape index (κ2) is 13.3. The van der Waals surface area contributed by atoms with E-state index in [-0.39, 0.29) is 34.7 Å². The van der Waals surface area contributed by atoms with Gasteiger partial charge in [0, 0.05) is 43.7 Å². The van der Waals surface area contributed by atoms with Crippen LogP contribution in [0.25, 0.3) is 33.6 Å². The molecule has 14 heteroatoms. The van der Waals surface area contributed by atoms with Gasteiger partial charge in [-0.25, -0.2) is 19.6 Å². The summed E-state index contributed by atoms with van der Waals surface area (Å²) in [4.78, 5) is 71.4. The minimum Gasteiger partial charge on any atom is -0.465 e. The lowest BCUT2D eigenvalue weighted by Gasteiger charge is -2.29. The summed E-state index contributed by atoms with van der Waals surface area (Å²) in [6, 6.07) is 14.5. The number of carbonyl (C=O) groups is 4. The Morgan fingerprint density at radius 1 is 0.778 bits per heavy atom. The molecule has 4 aromatic rings. The van der Waals surface area contributed by atoms with Crippen LogP contribution in [0.4, 0.5) is 9.59 Å². The number of benzene rings is 2. The third kappa shape index (κ3) is 6.58. The van der Waals surface area contributed by atoms with Gasteiger partial charge in [-0.2, -0.15) is 0 Å². The minimum atomic E-state index is -1.13. The molecule has 2 aliphatic heterocycles. The average molecular weight is 735 g/mol. The van der Waals surface area contributed by atoms with E-state index in [1.54, 1.807) is 13.8 Å². The molecule has 4 atom stereocenters. The van der Waals surface area contributed by atoms with Crippen LogP contribution in [0.15, 0.2) is 60.9 Å². The average Bonchev–Trinajstić information content (AvgIpc) is 3.76. The number of H-pyrrole nitrogens is 2. The van der Waals surface area contributed by atoms with Crippen LogP contribution in [-0.4, -0.2) is 103 Å². The highest BCUT2D eigenvalue weighted by molar-refractivity contribution is 5.86. The molecule has 4 aliphatic rings. The maximum absolute atomic E-state index is 13.5. The zero-order valence-electron chi connectivity index (χ0n) is 31.0. The number of carbonyl (C=O) groups excluding carboxylic acids is 3. The van der Waals surface area contributed by atoms with Gasteiger partial charge in [-0.3, -0.25) is 14.5 Å². The van der Waals surface area contributed by atoms with E-state index in [9.17, 15) is 24.3 Å². The fourth-order valence-corrected chi connectivity index (χ4v) is 8.24. The number of ether oxygens (including phenoxy) is 1. The number of alkyl carbamates (subject to hydrolysis) is 1. The molecule has 4 amide bonds. The number of carboxylic acid groups (broad SMARTS) is 1. The number of likely N-dealkylation sites (tertiary alicyclic amines) is 2. The lowest BCUT2D eigenvalue weighted by atomic mass is 10.0. The number of nitrogens with zero attached hydrogens (tertiary/aromatic N) is 5. The second-order valence-corrected chi connectivity index (χ2v) is 15.8. The number of likely N-dealkylation sites (N-methyl/N-ethyl adjacent to an activating group) is 1. The van der Waals surface area contributed by atoms with Crippen LogP contribution in [0.2, 0.25) is 0 Å². The molecule has 8 rings (SSSR count). The topological polar surface area (TPSA) is 177 Å². The number of aromatic amines is 2. The Hall–Kier alpha value is -5.66. The van der Waals surface area contributed by atoms with Crippen LogP contribution < -0.4 is 5.32 Å². The number of amides is 4. The highest BCUT2D eigenvalue weighted by Crippen LogP contribution is 2.59. The first-order chi connectivity index (χ1) is 25.9. The van der Waals surface area contributed by atoms with Crippen LogP contribution in [0.3, 0.4) is 0 Å². The van der Waals surface area contributed by atoms with Gasteiger partial charge in [0.05, 0.1) is 30.6 Å².